The van der Waals surface area contributed by atoms with Crippen LogP contribution in [0.5, 0.6) is 5.75 Å². The standard InChI is InChI=1S/C14H12N2O4S/c1-19-11-4-2-3-10(7-11)16-21(17,18)12-5-6-13-14(8-12)20-9-15-13/h2-9,16H,1H3. The van der Waals surface area contributed by atoms with Crippen LogP contribution in [0, 0.1) is 0 Å². The third kappa shape index (κ3) is 2.68. The van der Waals surface area contributed by atoms with Crippen molar-refractivity contribution in [1.82, 2.24) is 4.98 Å². The van der Waals surface area contributed by atoms with Crippen molar-refractivity contribution >= 4 is 26.8 Å². The van der Waals surface area contributed by atoms with Crippen molar-refractivity contribution in [3.8, 4) is 5.75 Å². The molecule has 1 heterocycles. The van der Waals surface area contributed by atoms with Crippen molar-refractivity contribution in [2.75, 3.05) is 11.8 Å². The van der Waals surface area contributed by atoms with Gasteiger partial charge in [-0.15, -0.1) is 0 Å². The maximum Gasteiger partial charge on any atom is 0.262 e. The molecular formula is C14H12N2O4S. The molecule has 3 rings (SSSR count). The third-order valence-corrected chi connectivity index (χ3v) is 4.31. The molecule has 0 saturated heterocycles. The Morgan fingerprint density at radius 1 is 1.19 bits per heavy atom. The van der Waals surface area contributed by atoms with E-state index in [0.29, 0.717) is 22.5 Å². The second kappa shape index (κ2) is 5.10. The predicted octanol–water partition coefficient (Wildman–Crippen LogP) is 2.64. The molecule has 21 heavy (non-hydrogen) atoms. The molecule has 0 aliphatic rings. The van der Waals surface area contributed by atoms with Crippen LogP contribution >= 0.6 is 0 Å². The normalized spacial score (nSPS) is 11.5. The molecule has 1 N–H and O–H groups in total. The van der Waals surface area contributed by atoms with Crippen LogP contribution in [-0.4, -0.2) is 20.5 Å². The summed E-state index contributed by atoms with van der Waals surface area (Å²) in [7, 11) is -2.18. The molecule has 0 aliphatic heterocycles. The lowest BCUT2D eigenvalue weighted by molar-refractivity contribution is 0.415. The lowest BCUT2D eigenvalue weighted by Gasteiger charge is -2.09. The van der Waals surface area contributed by atoms with Crippen molar-refractivity contribution in [1.29, 1.82) is 0 Å². The molecular weight excluding hydrogens is 292 g/mol. The molecule has 0 unspecified atom stereocenters. The topological polar surface area (TPSA) is 81.4 Å². The Morgan fingerprint density at radius 2 is 2.05 bits per heavy atom. The zero-order valence-corrected chi connectivity index (χ0v) is 11.9. The van der Waals surface area contributed by atoms with E-state index in [2.05, 4.69) is 9.71 Å². The summed E-state index contributed by atoms with van der Waals surface area (Å²) in [5.74, 6) is 0.570. The lowest BCUT2D eigenvalue weighted by atomic mass is 10.3. The molecule has 0 spiro atoms. The summed E-state index contributed by atoms with van der Waals surface area (Å²) >= 11 is 0. The fourth-order valence-corrected chi connectivity index (χ4v) is 2.97. The molecule has 0 fully saturated rings. The first-order valence-corrected chi connectivity index (χ1v) is 7.57. The van der Waals surface area contributed by atoms with Gasteiger partial charge in [-0.2, -0.15) is 0 Å². The number of benzene rings is 2. The first-order chi connectivity index (χ1) is 10.1. The molecule has 1 aromatic heterocycles. The summed E-state index contributed by atoms with van der Waals surface area (Å²) in [4.78, 5) is 4.06. The van der Waals surface area contributed by atoms with E-state index in [4.69, 9.17) is 9.15 Å². The van der Waals surface area contributed by atoms with Gasteiger partial charge in [0.25, 0.3) is 10.0 Å². The number of hydrogen-bond acceptors (Lipinski definition) is 5. The van der Waals surface area contributed by atoms with Crippen LogP contribution in [0.15, 0.2) is 58.2 Å². The second-order valence-electron chi connectivity index (χ2n) is 4.32. The fourth-order valence-electron chi connectivity index (χ4n) is 1.90. The summed E-state index contributed by atoms with van der Waals surface area (Å²) in [6.07, 6.45) is 1.27. The van der Waals surface area contributed by atoms with Gasteiger partial charge in [0.15, 0.2) is 12.0 Å². The highest BCUT2D eigenvalue weighted by atomic mass is 32.2. The molecule has 0 amide bonds. The van der Waals surface area contributed by atoms with Crippen LogP contribution in [0.25, 0.3) is 11.1 Å². The summed E-state index contributed by atoms with van der Waals surface area (Å²) in [6.45, 7) is 0. The van der Waals surface area contributed by atoms with Crippen LogP contribution in [0.4, 0.5) is 5.69 Å². The highest BCUT2D eigenvalue weighted by Crippen LogP contribution is 2.22. The molecule has 0 saturated carbocycles. The van der Waals surface area contributed by atoms with E-state index in [1.165, 1.54) is 25.6 Å². The number of nitrogens with zero attached hydrogens (tertiary/aromatic N) is 1. The highest BCUT2D eigenvalue weighted by Gasteiger charge is 2.16. The van der Waals surface area contributed by atoms with Gasteiger partial charge in [0.1, 0.15) is 11.3 Å². The van der Waals surface area contributed by atoms with E-state index >= 15 is 0 Å². The van der Waals surface area contributed by atoms with E-state index in [1.807, 2.05) is 0 Å². The Bertz CT molecular complexity index is 887. The number of aromatic nitrogens is 1. The minimum Gasteiger partial charge on any atom is -0.497 e. The zero-order chi connectivity index (χ0) is 14.9. The van der Waals surface area contributed by atoms with Crippen LogP contribution in [0.1, 0.15) is 0 Å². The smallest absolute Gasteiger partial charge is 0.262 e. The van der Waals surface area contributed by atoms with Crippen molar-refractivity contribution < 1.29 is 17.6 Å². The molecule has 108 valence electrons. The fraction of sp³-hybridized carbons (Fsp3) is 0.0714. The maximum absolute atomic E-state index is 12.4. The van der Waals surface area contributed by atoms with Gasteiger partial charge in [0.2, 0.25) is 0 Å². The SMILES string of the molecule is COc1cccc(NS(=O)(=O)c2ccc3ncoc3c2)c1. The number of rotatable bonds is 4. The van der Waals surface area contributed by atoms with Gasteiger partial charge in [0, 0.05) is 12.1 Å². The van der Waals surface area contributed by atoms with Crippen LogP contribution in [-0.2, 0) is 10.0 Å². The van der Waals surface area contributed by atoms with Gasteiger partial charge in [-0.1, -0.05) is 6.07 Å². The first kappa shape index (κ1) is 13.4. The molecule has 7 heteroatoms. The Balaban J connectivity index is 1.95. The molecule has 0 radical (unpaired) electrons. The molecule has 2 aromatic carbocycles. The Hall–Kier alpha value is -2.54. The Labute approximate surface area is 121 Å². The molecule has 0 aliphatic carbocycles. The molecule has 3 aromatic rings. The average Bonchev–Trinajstić information content (AvgIpc) is 2.94. The zero-order valence-electron chi connectivity index (χ0n) is 11.1. The van der Waals surface area contributed by atoms with Crippen LogP contribution < -0.4 is 9.46 Å². The van der Waals surface area contributed by atoms with Gasteiger partial charge < -0.3 is 9.15 Å². The van der Waals surface area contributed by atoms with E-state index < -0.39 is 10.0 Å². The Morgan fingerprint density at radius 3 is 2.86 bits per heavy atom. The average molecular weight is 304 g/mol. The maximum atomic E-state index is 12.4. The quantitative estimate of drug-likeness (QED) is 0.801. The number of oxazole rings is 1. The minimum atomic E-state index is -3.70. The Kier molecular flexibility index (Phi) is 3.26. The number of anilines is 1. The molecule has 6 nitrogen and oxygen atoms in total. The van der Waals surface area contributed by atoms with Gasteiger partial charge in [0.05, 0.1) is 17.7 Å². The number of nitrogens with one attached hydrogen (secondary N) is 1. The van der Waals surface area contributed by atoms with Crippen molar-refractivity contribution in [2.45, 2.75) is 4.90 Å². The van der Waals surface area contributed by atoms with E-state index in [-0.39, 0.29) is 4.90 Å². The van der Waals surface area contributed by atoms with Gasteiger partial charge in [-0.25, -0.2) is 13.4 Å². The van der Waals surface area contributed by atoms with E-state index in [0.717, 1.165) is 0 Å². The summed E-state index contributed by atoms with van der Waals surface area (Å²) in [5, 5.41) is 0. The van der Waals surface area contributed by atoms with Gasteiger partial charge in [-0.05, 0) is 24.3 Å². The number of sulfonamides is 1. The van der Waals surface area contributed by atoms with Crippen LogP contribution in [0.3, 0.4) is 0 Å². The predicted molar refractivity (Wildman–Crippen MR) is 77.8 cm³/mol. The number of fused-ring (bicyclic) bond motifs is 1. The largest absolute Gasteiger partial charge is 0.497 e. The number of hydrogen-bond donors (Lipinski definition) is 1. The van der Waals surface area contributed by atoms with E-state index in [9.17, 15) is 8.42 Å². The molecule has 0 atom stereocenters. The van der Waals surface area contributed by atoms with Gasteiger partial charge >= 0.3 is 0 Å². The third-order valence-electron chi connectivity index (χ3n) is 2.93. The number of ether oxygens (including phenoxy) is 1. The monoisotopic (exact) mass is 304 g/mol. The summed E-state index contributed by atoms with van der Waals surface area (Å²) in [5.41, 5.74) is 1.45. The highest BCUT2D eigenvalue weighted by molar-refractivity contribution is 7.92. The van der Waals surface area contributed by atoms with Crippen molar-refractivity contribution in [3.63, 3.8) is 0 Å². The first-order valence-electron chi connectivity index (χ1n) is 6.08. The number of methoxy groups -OCH3 is 1. The summed E-state index contributed by atoms with van der Waals surface area (Å²) < 4.78 is 37.4. The van der Waals surface area contributed by atoms with Crippen LogP contribution in [0.2, 0.25) is 0 Å². The summed E-state index contributed by atoms with van der Waals surface area (Å²) in [6, 6.07) is 11.2. The van der Waals surface area contributed by atoms with E-state index in [1.54, 1.807) is 30.3 Å². The van der Waals surface area contributed by atoms with Crippen molar-refractivity contribution in [2.24, 2.45) is 0 Å². The minimum absolute atomic E-state index is 0.106. The second-order valence-corrected chi connectivity index (χ2v) is 6.00. The van der Waals surface area contributed by atoms with Crippen molar-refractivity contribution in [3.05, 3.63) is 48.9 Å². The van der Waals surface area contributed by atoms with Gasteiger partial charge in [-0.3, -0.25) is 4.72 Å². The lowest BCUT2D eigenvalue weighted by Crippen LogP contribution is -2.12. The molecule has 0 bridgehead atoms.